The third-order valence-corrected chi connectivity index (χ3v) is 3.11. The fourth-order valence-electron chi connectivity index (χ4n) is 2.12. The van der Waals surface area contributed by atoms with E-state index in [1.165, 1.54) is 0 Å². The fourth-order valence-corrected chi connectivity index (χ4v) is 2.12. The predicted octanol–water partition coefficient (Wildman–Crippen LogP) is 2.59. The molecule has 2 aromatic carbocycles. The van der Waals surface area contributed by atoms with Crippen LogP contribution in [0.1, 0.15) is 11.1 Å². The van der Waals surface area contributed by atoms with Crippen LogP contribution < -0.4 is 5.73 Å². The van der Waals surface area contributed by atoms with E-state index in [4.69, 9.17) is 5.73 Å². The van der Waals surface area contributed by atoms with Gasteiger partial charge >= 0.3 is 0 Å². The molecule has 4 nitrogen and oxygen atoms in total. The smallest absolute Gasteiger partial charge is 0.249 e. The van der Waals surface area contributed by atoms with Crippen LogP contribution in [0.5, 0.6) is 0 Å². The van der Waals surface area contributed by atoms with Crippen molar-refractivity contribution < 1.29 is 4.79 Å². The number of nitrogens with two attached hydrogens (primary N) is 1. The van der Waals surface area contributed by atoms with E-state index in [1.54, 1.807) is 12.4 Å². The largest absolute Gasteiger partial charge is 0.366 e. The molecule has 0 saturated heterocycles. The quantitative estimate of drug-likeness (QED) is 0.563. The molecule has 1 amide bonds. The van der Waals surface area contributed by atoms with Crippen LogP contribution in [0.15, 0.2) is 54.9 Å². The van der Waals surface area contributed by atoms with E-state index in [0.717, 1.165) is 22.2 Å². The Hall–Kier alpha value is -2.88. The average molecular weight is 263 g/mol. The van der Waals surface area contributed by atoms with Gasteiger partial charge in [-0.1, -0.05) is 36.4 Å². The summed E-state index contributed by atoms with van der Waals surface area (Å²) in [5.74, 6) is -0.444. The number of hydrogen-bond acceptors (Lipinski definition) is 2. The molecular formula is C16H13N3O. The number of primary amides is 1. The van der Waals surface area contributed by atoms with Gasteiger partial charge in [-0.2, -0.15) is 0 Å². The van der Waals surface area contributed by atoms with E-state index < -0.39 is 5.91 Å². The minimum absolute atomic E-state index is 0.444. The number of imidazole rings is 1. The normalized spacial score (nSPS) is 11.7. The molecule has 3 N–H and O–H groups in total. The molecule has 1 aromatic heterocycles. The second-order valence-corrected chi connectivity index (χ2v) is 4.47. The molecule has 3 aromatic rings. The monoisotopic (exact) mass is 263 g/mol. The molecule has 1 heterocycles. The van der Waals surface area contributed by atoms with Crippen molar-refractivity contribution in [3.63, 3.8) is 0 Å². The molecule has 3 rings (SSSR count). The summed E-state index contributed by atoms with van der Waals surface area (Å²) >= 11 is 0. The summed E-state index contributed by atoms with van der Waals surface area (Å²) in [6, 6.07) is 15.1. The van der Waals surface area contributed by atoms with Crippen molar-refractivity contribution in [2.24, 2.45) is 5.73 Å². The van der Waals surface area contributed by atoms with Crippen LogP contribution in [0, 0.1) is 0 Å². The molecule has 0 aliphatic rings. The third-order valence-electron chi connectivity index (χ3n) is 3.11. The minimum atomic E-state index is -0.444. The summed E-state index contributed by atoms with van der Waals surface area (Å²) in [4.78, 5) is 18.9. The highest BCUT2D eigenvalue weighted by Crippen LogP contribution is 2.20. The van der Waals surface area contributed by atoms with E-state index in [0.29, 0.717) is 5.57 Å². The summed E-state index contributed by atoms with van der Waals surface area (Å²) < 4.78 is 0. The first-order valence-corrected chi connectivity index (χ1v) is 6.24. The van der Waals surface area contributed by atoms with Crippen molar-refractivity contribution in [1.29, 1.82) is 0 Å². The maximum Gasteiger partial charge on any atom is 0.249 e. The number of nitrogens with one attached hydrogen (secondary N) is 1. The van der Waals surface area contributed by atoms with Crippen molar-refractivity contribution in [2.45, 2.75) is 0 Å². The van der Waals surface area contributed by atoms with Crippen LogP contribution >= 0.6 is 0 Å². The maximum absolute atomic E-state index is 11.7. The Morgan fingerprint density at radius 3 is 2.70 bits per heavy atom. The SMILES string of the molecule is NC(=O)C(=Cc1ccc2nc[nH]c2c1)c1ccccc1. The van der Waals surface area contributed by atoms with Crippen LogP contribution in [-0.2, 0) is 4.79 Å². The van der Waals surface area contributed by atoms with Gasteiger partial charge < -0.3 is 10.7 Å². The summed E-state index contributed by atoms with van der Waals surface area (Å²) in [6.07, 6.45) is 3.43. The van der Waals surface area contributed by atoms with Gasteiger partial charge in [0, 0.05) is 5.57 Å². The van der Waals surface area contributed by atoms with Gasteiger partial charge in [-0.25, -0.2) is 4.98 Å². The van der Waals surface area contributed by atoms with Crippen molar-refractivity contribution >= 4 is 28.6 Å². The van der Waals surface area contributed by atoms with Gasteiger partial charge in [0.1, 0.15) is 0 Å². The van der Waals surface area contributed by atoms with Gasteiger partial charge in [0.05, 0.1) is 17.4 Å². The summed E-state index contributed by atoms with van der Waals surface area (Å²) in [5, 5.41) is 0. The number of aromatic nitrogens is 2. The summed E-state index contributed by atoms with van der Waals surface area (Å²) in [6.45, 7) is 0. The lowest BCUT2D eigenvalue weighted by Crippen LogP contribution is -2.12. The Balaban J connectivity index is 2.08. The first-order chi connectivity index (χ1) is 9.74. The van der Waals surface area contributed by atoms with Crippen LogP contribution in [0.25, 0.3) is 22.7 Å². The second kappa shape index (κ2) is 5.01. The molecule has 0 radical (unpaired) electrons. The fraction of sp³-hybridized carbons (Fsp3) is 0. The van der Waals surface area contributed by atoms with Gasteiger partial charge in [0.2, 0.25) is 5.91 Å². The topological polar surface area (TPSA) is 71.8 Å². The number of rotatable bonds is 3. The van der Waals surface area contributed by atoms with E-state index in [2.05, 4.69) is 9.97 Å². The van der Waals surface area contributed by atoms with Crippen LogP contribution in [0.3, 0.4) is 0 Å². The minimum Gasteiger partial charge on any atom is -0.366 e. The van der Waals surface area contributed by atoms with E-state index in [9.17, 15) is 4.79 Å². The molecule has 0 aliphatic heterocycles. The molecule has 0 aliphatic carbocycles. The molecule has 0 fully saturated rings. The molecule has 0 spiro atoms. The van der Waals surface area contributed by atoms with Gasteiger partial charge in [-0.3, -0.25) is 4.79 Å². The first kappa shape index (κ1) is 12.2. The number of amides is 1. The molecule has 20 heavy (non-hydrogen) atoms. The zero-order chi connectivity index (χ0) is 13.9. The van der Waals surface area contributed by atoms with E-state index in [-0.39, 0.29) is 0 Å². The van der Waals surface area contributed by atoms with Gasteiger partial charge in [0.15, 0.2) is 0 Å². The number of nitrogens with zero attached hydrogens (tertiary/aromatic N) is 1. The molecule has 0 unspecified atom stereocenters. The third kappa shape index (κ3) is 2.31. The van der Waals surface area contributed by atoms with Crippen molar-refractivity contribution in [2.75, 3.05) is 0 Å². The number of carbonyl (C=O) groups excluding carboxylic acids is 1. The zero-order valence-corrected chi connectivity index (χ0v) is 10.7. The molecule has 98 valence electrons. The first-order valence-electron chi connectivity index (χ1n) is 6.24. The number of benzene rings is 2. The summed E-state index contributed by atoms with van der Waals surface area (Å²) in [7, 11) is 0. The van der Waals surface area contributed by atoms with Gasteiger partial charge in [-0.05, 0) is 29.3 Å². The number of aromatic amines is 1. The Morgan fingerprint density at radius 1 is 1.15 bits per heavy atom. The highest BCUT2D eigenvalue weighted by molar-refractivity contribution is 6.23. The van der Waals surface area contributed by atoms with Crippen LogP contribution in [-0.4, -0.2) is 15.9 Å². The van der Waals surface area contributed by atoms with Gasteiger partial charge in [-0.15, -0.1) is 0 Å². The number of H-pyrrole nitrogens is 1. The Bertz CT molecular complexity index is 788. The van der Waals surface area contributed by atoms with E-state index in [1.807, 2.05) is 48.5 Å². The summed E-state index contributed by atoms with van der Waals surface area (Å²) in [5.41, 5.74) is 9.50. The van der Waals surface area contributed by atoms with Crippen LogP contribution in [0.4, 0.5) is 0 Å². The highest BCUT2D eigenvalue weighted by atomic mass is 16.1. The lowest BCUT2D eigenvalue weighted by atomic mass is 10.0. The molecular weight excluding hydrogens is 250 g/mol. The second-order valence-electron chi connectivity index (χ2n) is 4.47. The van der Waals surface area contributed by atoms with Crippen LogP contribution in [0.2, 0.25) is 0 Å². The number of fused-ring (bicyclic) bond motifs is 1. The highest BCUT2D eigenvalue weighted by Gasteiger charge is 2.08. The predicted molar refractivity (Wildman–Crippen MR) is 79.6 cm³/mol. The number of carbonyl (C=O) groups is 1. The number of hydrogen-bond donors (Lipinski definition) is 2. The lowest BCUT2D eigenvalue weighted by molar-refractivity contribution is -0.112. The molecule has 0 saturated carbocycles. The van der Waals surface area contributed by atoms with Crippen molar-refractivity contribution in [3.05, 3.63) is 66.0 Å². The molecule has 0 bridgehead atoms. The molecule has 4 heteroatoms. The zero-order valence-electron chi connectivity index (χ0n) is 10.7. The lowest BCUT2D eigenvalue weighted by Gasteiger charge is -2.04. The van der Waals surface area contributed by atoms with Crippen molar-refractivity contribution in [3.8, 4) is 0 Å². The van der Waals surface area contributed by atoms with Crippen molar-refractivity contribution in [1.82, 2.24) is 9.97 Å². The van der Waals surface area contributed by atoms with Gasteiger partial charge in [0.25, 0.3) is 0 Å². The molecule has 0 atom stereocenters. The Morgan fingerprint density at radius 2 is 1.95 bits per heavy atom. The Labute approximate surface area is 116 Å². The maximum atomic E-state index is 11.7. The Kier molecular flexibility index (Phi) is 3.05. The average Bonchev–Trinajstić information content (AvgIpc) is 2.93. The van der Waals surface area contributed by atoms with E-state index >= 15 is 0 Å². The standard InChI is InChI=1S/C16H13N3O/c17-16(20)13(12-4-2-1-3-5-12)8-11-6-7-14-15(9-11)19-10-18-14/h1-10H,(H2,17,20)(H,18,19).